The van der Waals surface area contributed by atoms with Crippen molar-refractivity contribution in [1.82, 2.24) is 0 Å². The Kier molecular flexibility index (Phi) is 5.25. The Morgan fingerprint density at radius 3 is 2.42 bits per heavy atom. The van der Waals surface area contributed by atoms with Gasteiger partial charge in [0.1, 0.15) is 12.7 Å². The molecule has 1 fully saturated rings. The number of aliphatic hydroxyl groups excluding tert-OH is 1. The lowest BCUT2D eigenvalue weighted by Gasteiger charge is -2.11. The molecule has 0 aliphatic carbocycles. The highest BCUT2D eigenvalue weighted by Gasteiger charge is 2.34. The summed E-state index contributed by atoms with van der Waals surface area (Å²) in [5.74, 6) is -0.409. The van der Waals surface area contributed by atoms with Crippen molar-refractivity contribution in [3.8, 4) is 11.1 Å². The van der Waals surface area contributed by atoms with E-state index in [0.29, 0.717) is 12.0 Å². The molecular weight excluding hydrogens is 308 g/mol. The maximum absolute atomic E-state index is 12.1. The zero-order valence-electron chi connectivity index (χ0n) is 13.4. The van der Waals surface area contributed by atoms with Crippen LogP contribution >= 0.6 is 0 Å². The van der Waals surface area contributed by atoms with Gasteiger partial charge in [-0.2, -0.15) is 0 Å². The molecule has 0 spiro atoms. The number of hydrogen-bond acceptors (Lipinski definition) is 5. The quantitative estimate of drug-likeness (QED) is 0.855. The van der Waals surface area contributed by atoms with Gasteiger partial charge < -0.3 is 19.3 Å². The normalized spacial score (nSPS) is 23.2. The van der Waals surface area contributed by atoms with Crippen LogP contribution in [0.5, 0.6) is 0 Å². The molecule has 1 heterocycles. The first-order chi connectivity index (χ1) is 11.7. The monoisotopic (exact) mass is 328 g/mol. The zero-order chi connectivity index (χ0) is 16.9. The van der Waals surface area contributed by atoms with Gasteiger partial charge in [-0.3, -0.25) is 0 Å². The van der Waals surface area contributed by atoms with E-state index in [0.717, 1.165) is 11.1 Å². The van der Waals surface area contributed by atoms with Crippen molar-refractivity contribution in [2.45, 2.75) is 24.9 Å². The number of rotatable bonds is 5. The Morgan fingerprint density at radius 1 is 1.12 bits per heavy atom. The van der Waals surface area contributed by atoms with Crippen molar-refractivity contribution in [3.63, 3.8) is 0 Å². The highest BCUT2D eigenvalue weighted by atomic mass is 16.7. The van der Waals surface area contributed by atoms with E-state index in [4.69, 9.17) is 14.2 Å². The predicted molar refractivity (Wildman–Crippen MR) is 88.5 cm³/mol. The lowest BCUT2D eigenvalue weighted by Crippen LogP contribution is -2.22. The van der Waals surface area contributed by atoms with E-state index in [2.05, 4.69) is 0 Å². The SMILES string of the molecule is CO[C@@H]1C[C@@H](COC(=O)c2ccc(-c3ccccc3)cc2)O[C@@H]1O. The van der Waals surface area contributed by atoms with Gasteiger partial charge in [0, 0.05) is 13.5 Å². The summed E-state index contributed by atoms with van der Waals surface area (Å²) < 4.78 is 15.6. The lowest BCUT2D eigenvalue weighted by atomic mass is 10.0. The molecule has 1 aliphatic rings. The van der Waals surface area contributed by atoms with Crippen LogP contribution < -0.4 is 0 Å². The van der Waals surface area contributed by atoms with Gasteiger partial charge in [-0.1, -0.05) is 42.5 Å². The van der Waals surface area contributed by atoms with Gasteiger partial charge in [0.15, 0.2) is 6.29 Å². The first-order valence-electron chi connectivity index (χ1n) is 7.86. The molecule has 1 N–H and O–H groups in total. The Bertz CT molecular complexity index is 668. The minimum atomic E-state index is -0.969. The third-order valence-electron chi connectivity index (χ3n) is 4.08. The van der Waals surface area contributed by atoms with Crippen molar-refractivity contribution < 1.29 is 24.1 Å². The summed E-state index contributed by atoms with van der Waals surface area (Å²) in [4.78, 5) is 12.1. The standard InChI is InChI=1S/C19H20O5/c1-22-17-11-16(24-19(17)21)12-23-18(20)15-9-7-14(8-10-15)13-5-3-2-4-6-13/h2-10,16-17,19,21H,11-12H2,1H3/t16-,17+,19-/m0/s1. The maximum Gasteiger partial charge on any atom is 0.338 e. The van der Waals surface area contributed by atoms with Crippen LogP contribution in [0.2, 0.25) is 0 Å². The van der Waals surface area contributed by atoms with Gasteiger partial charge in [-0.05, 0) is 23.3 Å². The third kappa shape index (κ3) is 3.82. The van der Waals surface area contributed by atoms with E-state index < -0.39 is 12.3 Å². The summed E-state index contributed by atoms with van der Waals surface area (Å²) in [5.41, 5.74) is 2.62. The number of carbonyl (C=O) groups excluding carboxylic acids is 1. The third-order valence-corrected chi connectivity index (χ3v) is 4.08. The van der Waals surface area contributed by atoms with Gasteiger partial charge in [0.25, 0.3) is 0 Å². The van der Waals surface area contributed by atoms with Crippen LogP contribution in [-0.2, 0) is 14.2 Å². The van der Waals surface area contributed by atoms with Gasteiger partial charge in [-0.15, -0.1) is 0 Å². The molecular formula is C19H20O5. The van der Waals surface area contributed by atoms with Crippen LogP contribution in [-0.4, -0.2) is 43.3 Å². The molecule has 126 valence electrons. The zero-order valence-corrected chi connectivity index (χ0v) is 13.4. The summed E-state index contributed by atoms with van der Waals surface area (Å²) in [7, 11) is 1.51. The average Bonchev–Trinajstić information content (AvgIpc) is 3.00. The highest BCUT2D eigenvalue weighted by Crippen LogP contribution is 2.22. The van der Waals surface area contributed by atoms with Crippen LogP contribution in [0, 0.1) is 0 Å². The van der Waals surface area contributed by atoms with E-state index in [1.165, 1.54) is 7.11 Å². The molecule has 0 radical (unpaired) electrons. The topological polar surface area (TPSA) is 65.0 Å². The number of aliphatic hydroxyl groups is 1. The van der Waals surface area contributed by atoms with Crippen molar-refractivity contribution in [2.75, 3.05) is 13.7 Å². The molecule has 0 bridgehead atoms. The first-order valence-corrected chi connectivity index (χ1v) is 7.86. The summed E-state index contributed by atoms with van der Waals surface area (Å²) in [6, 6.07) is 17.2. The fourth-order valence-corrected chi connectivity index (χ4v) is 2.72. The summed E-state index contributed by atoms with van der Waals surface area (Å²) >= 11 is 0. The summed E-state index contributed by atoms with van der Waals surface area (Å²) in [6.45, 7) is 0.0934. The molecule has 3 atom stereocenters. The van der Waals surface area contributed by atoms with Crippen LogP contribution in [0.25, 0.3) is 11.1 Å². The Morgan fingerprint density at radius 2 is 1.79 bits per heavy atom. The number of esters is 1. The second-order valence-electron chi connectivity index (χ2n) is 5.70. The summed E-state index contributed by atoms with van der Waals surface area (Å²) in [5, 5.41) is 9.59. The van der Waals surface area contributed by atoms with Crippen molar-refractivity contribution in [3.05, 3.63) is 60.2 Å². The van der Waals surface area contributed by atoms with Crippen LogP contribution in [0.1, 0.15) is 16.8 Å². The number of hydrogen-bond donors (Lipinski definition) is 1. The number of ether oxygens (including phenoxy) is 3. The van der Waals surface area contributed by atoms with Gasteiger partial charge in [-0.25, -0.2) is 4.79 Å². The molecule has 24 heavy (non-hydrogen) atoms. The van der Waals surface area contributed by atoms with E-state index in [1.54, 1.807) is 12.1 Å². The number of benzene rings is 2. The lowest BCUT2D eigenvalue weighted by molar-refractivity contribution is -0.140. The predicted octanol–water partition coefficient (Wildman–Crippen LogP) is 2.63. The van der Waals surface area contributed by atoms with Crippen molar-refractivity contribution >= 4 is 5.97 Å². The molecule has 1 saturated heterocycles. The minimum Gasteiger partial charge on any atom is -0.459 e. The Labute approximate surface area is 140 Å². The van der Waals surface area contributed by atoms with Crippen molar-refractivity contribution in [1.29, 1.82) is 0 Å². The highest BCUT2D eigenvalue weighted by molar-refractivity contribution is 5.90. The molecule has 1 aliphatic heterocycles. The Hall–Kier alpha value is -2.21. The second-order valence-corrected chi connectivity index (χ2v) is 5.70. The van der Waals surface area contributed by atoms with E-state index in [1.807, 2.05) is 42.5 Å². The molecule has 0 unspecified atom stereocenters. The molecule has 0 saturated carbocycles. The van der Waals surface area contributed by atoms with Crippen LogP contribution in [0.15, 0.2) is 54.6 Å². The van der Waals surface area contributed by atoms with E-state index in [9.17, 15) is 9.90 Å². The van der Waals surface area contributed by atoms with E-state index in [-0.39, 0.29) is 18.8 Å². The molecule has 0 aromatic heterocycles. The van der Waals surface area contributed by atoms with Gasteiger partial charge >= 0.3 is 5.97 Å². The van der Waals surface area contributed by atoms with E-state index >= 15 is 0 Å². The minimum absolute atomic E-state index is 0.0934. The molecule has 5 nitrogen and oxygen atoms in total. The average molecular weight is 328 g/mol. The van der Waals surface area contributed by atoms with Gasteiger partial charge in [0.2, 0.25) is 0 Å². The second kappa shape index (κ2) is 7.57. The smallest absolute Gasteiger partial charge is 0.338 e. The Balaban J connectivity index is 1.56. The molecule has 2 aromatic carbocycles. The fraction of sp³-hybridized carbons (Fsp3) is 0.316. The number of carbonyl (C=O) groups is 1. The largest absolute Gasteiger partial charge is 0.459 e. The first kappa shape index (κ1) is 16.6. The van der Waals surface area contributed by atoms with Gasteiger partial charge in [0.05, 0.1) is 11.7 Å². The molecule has 2 aromatic rings. The van der Waals surface area contributed by atoms with Crippen LogP contribution in [0.4, 0.5) is 0 Å². The molecule has 5 heteroatoms. The number of methoxy groups -OCH3 is 1. The van der Waals surface area contributed by atoms with Crippen molar-refractivity contribution in [2.24, 2.45) is 0 Å². The summed E-state index contributed by atoms with van der Waals surface area (Å²) in [6.07, 6.45) is -1.20. The molecule has 3 rings (SSSR count). The molecule has 0 amide bonds. The fourth-order valence-electron chi connectivity index (χ4n) is 2.72. The van der Waals surface area contributed by atoms with Crippen LogP contribution in [0.3, 0.4) is 0 Å². The maximum atomic E-state index is 12.1.